The van der Waals surface area contributed by atoms with Crippen LogP contribution in [0.2, 0.25) is 0 Å². The van der Waals surface area contributed by atoms with Crippen molar-refractivity contribution >= 4 is 34.7 Å². The van der Waals surface area contributed by atoms with Gasteiger partial charge >= 0.3 is 6.18 Å². The summed E-state index contributed by atoms with van der Waals surface area (Å²) >= 11 is 2.09. The quantitative estimate of drug-likeness (QED) is 0.344. The molecule has 2 aromatic carbocycles. The summed E-state index contributed by atoms with van der Waals surface area (Å²) in [6.45, 7) is 2.31. The van der Waals surface area contributed by atoms with Crippen LogP contribution >= 0.6 is 22.6 Å². The average Bonchev–Trinajstić information content (AvgIpc) is 2.61. The van der Waals surface area contributed by atoms with E-state index in [1.54, 1.807) is 19.2 Å². The molecule has 0 bridgehead atoms. The summed E-state index contributed by atoms with van der Waals surface area (Å²) in [6.07, 6.45) is -3.24. The van der Waals surface area contributed by atoms with E-state index >= 15 is 0 Å². The lowest BCUT2D eigenvalue weighted by Crippen LogP contribution is -2.20. The largest absolute Gasteiger partial charge is 0.492 e. The molecule has 0 saturated carbocycles. The number of ether oxygens (including phenoxy) is 2. The van der Waals surface area contributed by atoms with Crippen LogP contribution in [0.5, 0.6) is 11.5 Å². The van der Waals surface area contributed by atoms with E-state index in [1.165, 1.54) is 18.3 Å². The highest BCUT2D eigenvalue weighted by Crippen LogP contribution is 2.33. The Bertz CT molecular complexity index is 870. The van der Waals surface area contributed by atoms with Crippen molar-refractivity contribution in [3.05, 3.63) is 56.7 Å². The average molecular weight is 506 g/mol. The van der Waals surface area contributed by atoms with Gasteiger partial charge in [-0.1, -0.05) is 18.2 Å². The molecule has 2 aromatic rings. The molecule has 150 valence electrons. The number of amides is 1. The van der Waals surface area contributed by atoms with Crippen LogP contribution in [0.4, 0.5) is 13.2 Å². The molecule has 28 heavy (non-hydrogen) atoms. The summed E-state index contributed by atoms with van der Waals surface area (Å²) in [4.78, 5) is 11.9. The summed E-state index contributed by atoms with van der Waals surface area (Å²) < 4.78 is 49.8. The zero-order chi connectivity index (χ0) is 20.7. The maximum Gasteiger partial charge on any atom is 0.416 e. The number of hydrogen-bond donors (Lipinski definition) is 1. The highest BCUT2D eigenvalue weighted by atomic mass is 127. The zero-order valence-electron chi connectivity index (χ0n) is 15.1. The first-order valence-electron chi connectivity index (χ1n) is 8.23. The van der Waals surface area contributed by atoms with Gasteiger partial charge in [-0.05, 0) is 58.8 Å². The number of halogens is 4. The third-order valence-electron chi connectivity index (χ3n) is 3.56. The molecule has 0 radical (unpaired) electrons. The summed E-state index contributed by atoms with van der Waals surface area (Å²) in [7, 11) is 1.54. The third kappa shape index (κ3) is 6.11. The van der Waals surface area contributed by atoms with E-state index in [0.717, 1.165) is 15.7 Å². The van der Waals surface area contributed by atoms with Crippen LogP contribution in [0.3, 0.4) is 0 Å². The van der Waals surface area contributed by atoms with Crippen LogP contribution in [-0.4, -0.2) is 25.8 Å². The molecule has 0 heterocycles. The van der Waals surface area contributed by atoms with Gasteiger partial charge < -0.3 is 9.47 Å². The van der Waals surface area contributed by atoms with Gasteiger partial charge in [-0.2, -0.15) is 18.3 Å². The highest BCUT2D eigenvalue weighted by molar-refractivity contribution is 14.1. The predicted octanol–water partition coefficient (Wildman–Crippen LogP) is 4.41. The van der Waals surface area contributed by atoms with Gasteiger partial charge in [0.1, 0.15) is 0 Å². The fourth-order valence-corrected chi connectivity index (χ4v) is 3.23. The highest BCUT2D eigenvalue weighted by Gasteiger charge is 2.30. The Morgan fingerprint density at radius 2 is 2.04 bits per heavy atom. The molecule has 9 heteroatoms. The second-order valence-corrected chi connectivity index (χ2v) is 6.80. The van der Waals surface area contributed by atoms with E-state index < -0.39 is 17.6 Å². The molecule has 0 aromatic heterocycles. The monoisotopic (exact) mass is 506 g/mol. The fourth-order valence-electron chi connectivity index (χ4n) is 2.38. The molecular weight excluding hydrogens is 488 g/mol. The second-order valence-electron chi connectivity index (χ2n) is 5.64. The lowest BCUT2D eigenvalue weighted by molar-refractivity contribution is -0.137. The Kier molecular flexibility index (Phi) is 7.67. The molecule has 1 amide bonds. The van der Waals surface area contributed by atoms with Crippen molar-refractivity contribution in [1.82, 2.24) is 5.43 Å². The number of carbonyl (C=O) groups is 1. The number of alkyl halides is 3. The topological polar surface area (TPSA) is 59.9 Å². The normalized spacial score (nSPS) is 11.5. The summed E-state index contributed by atoms with van der Waals surface area (Å²) in [5.74, 6) is 0.630. The Balaban J connectivity index is 2.04. The number of carbonyl (C=O) groups excluding carboxylic acids is 1. The summed E-state index contributed by atoms with van der Waals surface area (Å²) in [5.41, 5.74) is 2.44. The minimum absolute atomic E-state index is 0.217. The molecule has 0 atom stereocenters. The zero-order valence-corrected chi connectivity index (χ0v) is 17.3. The van der Waals surface area contributed by atoms with E-state index in [9.17, 15) is 18.0 Å². The Morgan fingerprint density at radius 3 is 2.68 bits per heavy atom. The van der Waals surface area contributed by atoms with Crippen LogP contribution in [0, 0.1) is 3.57 Å². The van der Waals surface area contributed by atoms with E-state index in [1.807, 2.05) is 6.92 Å². The fraction of sp³-hybridized carbons (Fsp3) is 0.263. The molecule has 0 aliphatic rings. The van der Waals surface area contributed by atoms with E-state index in [-0.39, 0.29) is 12.0 Å². The van der Waals surface area contributed by atoms with Crippen molar-refractivity contribution in [1.29, 1.82) is 0 Å². The maximum atomic E-state index is 12.7. The van der Waals surface area contributed by atoms with Crippen molar-refractivity contribution < 1.29 is 27.4 Å². The Morgan fingerprint density at radius 1 is 1.29 bits per heavy atom. The van der Waals surface area contributed by atoms with Gasteiger partial charge in [0.25, 0.3) is 0 Å². The molecule has 0 fully saturated rings. The van der Waals surface area contributed by atoms with Gasteiger partial charge in [0.2, 0.25) is 5.91 Å². The molecule has 0 unspecified atom stereocenters. The lowest BCUT2D eigenvalue weighted by Gasteiger charge is -2.11. The minimum atomic E-state index is -4.45. The number of hydrogen-bond acceptors (Lipinski definition) is 4. The predicted molar refractivity (Wildman–Crippen MR) is 108 cm³/mol. The Hall–Kier alpha value is -2.30. The first-order chi connectivity index (χ1) is 13.2. The molecule has 0 saturated heterocycles. The molecular formula is C19H18F3IN2O3. The minimum Gasteiger partial charge on any atom is -0.492 e. The van der Waals surface area contributed by atoms with Gasteiger partial charge in [0, 0.05) is 0 Å². The summed E-state index contributed by atoms with van der Waals surface area (Å²) in [5, 5.41) is 3.86. The van der Waals surface area contributed by atoms with Crippen LogP contribution in [0.15, 0.2) is 41.5 Å². The molecule has 0 spiro atoms. The van der Waals surface area contributed by atoms with Gasteiger partial charge in [0.05, 0.1) is 35.5 Å². The number of hydrazone groups is 1. The maximum absolute atomic E-state index is 12.7. The SMILES string of the molecule is CCOc1cc(/C=N\NC(=O)Cc2cccc(C(F)(F)F)c2)cc(I)c1OC. The third-order valence-corrected chi connectivity index (χ3v) is 4.36. The van der Waals surface area contributed by atoms with Crippen molar-refractivity contribution in [2.24, 2.45) is 5.10 Å². The van der Waals surface area contributed by atoms with E-state index in [0.29, 0.717) is 23.7 Å². The number of rotatable bonds is 7. The van der Waals surface area contributed by atoms with Gasteiger partial charge in [0.15, 0.2) is 11.5 Å². The first kappa shape index (κ1) is 22.0. The second kappa shape index (κ2) is 9.76. The standard InChI is InChI=1S/C19H18F3IN2O3/c1-3-28-16-9-13(8-15(23)18(16)27-2)11-24-25-17(26)10-12-5-4-6-14(7-12)19(20,21)22/h4-9,11H,3,10H2,1-2H3,(H,25,26)/b24-11-. The van der Waals surface area contributed by atoms with Crippen LogP contribution in [0.1, 0.15) is 23.6 Å². The Labute approximate surface area is 174 Å². The number of nitrogens with one attached hydrogen (secondary N) is 1. The molecule has 2 rings (SSSR count). The number of benzene rings is 2. The summed E-state index contributed by atoms with van der Waals surface area (Å²) in [6, 6.07) is 8.14. The van der Waals surface area contributed by atoms with Crippen molar-refractivity contribution in [3.63, 3.8) is 0 Å². The van der Waals surface area contributed by atoms with Crippen molar-refractivity contribution in [2.45, 2.75) is 19.5 Å². The van der Waals surface area contributed by atoms with Crippen molar-refractivity contribution in [2.75, 3.05) is 13.7 Å². The molecule has 5 nitrogen and oxygen atoms in total. The first-order valence-corrected chi connectivity index (χ1v) is 9.30. The van der Waals surface area contributed by atoms with Crippen LogP contribution < -0.4 is 14.9 Å². The van der Waals surface area contributed by atoms with E-state index in [4.69, 9.17) is 9.47 Å². The number of nitrogens with zero attached hydrogens (tertiary/aromatic N) is 1. The molecule has 1 N–H and O–H groups in total. The van der Waals surface area contributed by atoms with Gasteiger partial charge in [-0.15, -0.1) is 0 Å². The molecule has 0 aliphatic carbocycles. The van der Waals surface area contributed by atoms with Gasteiger partial charge in [-0.3, -0.25) is 4.79 Å². The van der Waals surface area contributed by atoms with Crippen LogP contribution in [-0.2, 0) is 17.4 Å². The van der Waals surface area contributed by atoms with Crippen molar-refractivity contribution in [3.8, 4) is 11.5 Å². The lowest BCUT2D eigenvalue weighted by atomic mass is 10.1. The smallest absolute Gasteiger partial charge is 0.416 e. The van der Waals surface area contributed by atoms with E-state index in [2.05, 4.69) is 33.1 Å². The van der Waals surface area contributed by atoms with Crippen LogP contribution in [0.25, 0.3) is 0 Å². The number of methoxy groups -OCH3 is 1. The van der Waals surface area contributed by atoms with Gasteiger partial charge in [-0.25, -0.2) is 5.43 Å². The molecule has 0 aliphatic heterocycles.